The Morgan fingerprint density at radius 3 is 2.62 bits per heavy atom. The zero-order valence-electron chi connectivity index (χ0n) is 14.0. The zero-order chi connectivity index (χ0) is 17.9. The molecule has 2 saturated heterocycles. The lowest BCUT2D eigenvalue weighted by molar-refractivity contribution is -0.141. The molecule has 9 heteroatoms. The standard InChI is InChI=1S/C15H25N5O4/c1-8(2)6-9(18-13(22)10-7-17-15(24)19-10)14(23)20-5-3-4-11(20)12(16)21/h8-11H,3-7H2,1-2H3,(H2,16,21)(H,18,22)(H2,17,19,24)/t9-,10?,11-/m0/s1. The number of nitrogens with zero attached hydrogens (tertiary/aromatic N) is 1. The maximum Gasteiger partial charge on any atom is 0.315 e. The van der Waals surface area contributed by atoms with Crippen LogP contribution in [0.5, 0.6) is 0 Å². The summed E-state index contributed by atoms with van der Waals surface area (Å²) in [6.07, 6.45) is 1.71. The Morgan fingerprint density at radius 2 is 2.08 bits per heavy atom. The molecule has 0 aromatic rings. The first-order chi connectivity index (χ1) is 11.3. The highest BCUT2D eigenvalue weighted by Gasteiger charge is 2.38. The van der Waals surface area contributed by atoms with Gasteiger partial charge < -0.3 is 26.6 Å². The average Bonchev–Trinajstić information content (AvgIpc) is 3.13. The molecular weight excluding hydrogens is 314 g/mol. The molecule has 1 unspecified atom stereocenters. The van der Waals surface area contributed by atoms with Gasteiger partial charge in [0.2, 0.25) is 17.7 Å². The van der Waals surface area contributed by atoms with Crippen LogP contribution in [0.1, 0.15) is 33.1 Å². The monoisotopic (exact) mass is 339 g/mol. The van der Waals surface area contributed by atoms with Gasteiger partial charge in [-0.1, -0.05) is 13.8 Å². The fourth-order valence-corrected chi connectivity index (χ4v) is 3.10. The van der Waals surface area contributed by atoms with Crippen molar-refractivity contribution in [3.8, 4) is 0 Å². The van der Waals surface area contributed by atoms with Crippen molar-refractivity contribution in [2.24, 2.45) is 11.7 Å². The molecule has 0 saturated carbocycles. The molecule has 0 aromatic carbocycles. The normalized spacial score (nSPS) is 24.5. The second kappa shape index (κ2) is 7.50. The Labute approximate surface area is 140 Å². The predicted molar refractivity (Wildman–Crippen MR) is 85.6 cm³/mol. The third-order valence-corrected chi connectivity index (χ3v) is 4.27. The van der Waals surface area contributed by atoms with Crippen molar-refractivity contribution in [1.82, 2.24) is 20.9 Å². The van der Waals surface area contributed by atoms with Gasteiger partial charge in [-0.05, 0) is 25.2 Å². The second-order valence-corrected chi connectivity index (χ2v) is 6.69. The first-order valence-corrected chi connectivity index (χ1v) is 8.24. The molecule has 2 fully saturated rings. The average molecular weight is 339 g/mol. The number of nitrogens with one attached hydrogen (secondary N) is 3. The first-order valence-electron chi connectivity index (χ1n) is 8.24. The molecule has 0 radical (unpaired) electrons. The Balaban J connectivity index is 2.06. The van der Waals surface area contributed by atoms with Crippen LogP contribution in [0, 0.1) is 5.92 Å². The van der Waals surface area contributed by atoms with Crippen molar-refractivity contribution in [3.05, 3.63) is 0 Å². The van der Waals surface area contributed by atoms with E-state index in [-0.39, 0.29) is 18.4 Å². The van der Waals surface area contributed by atoms with Crippen LogP contribution in [0.3, 0.4) is 0 Å². The lowest BCUT2D eigenvalue weighted by atomic mass is 10.0. The van der Waals surface area contributed by atoms with Crippen molar-refractivity contribution in [1.29, 1.82) is 0 Å². The van der Waals surface area contributed by atoms with Crippen molar-refractivity contribution in [2.45, 2.75) is 51.2 Å². The van der Waals surface area contributed by atoms with Crippen LogP contribution in [-0.2, 0) is 14.4 Å². The van der Waals surface area contributed by atoms with Crippen molar-refractivity contribution < 1.29 is 19.2 Å². The number of hydrogen-bond acceptors (Lipinski definition) is 4. The number of hydrogen-bond donors (Lipinski definition) is 4. The molecule has 3 atom stereocenters. The van der Waals surface area contributed by atoms with E-state index >= 15 is 0 Å². The molecule has 2 rings (SSSR count). The summed E-state index contributed by atoms with van der Waals surface area (Å²) in [7, 11) is 0. The lowest BCUT2D eigenvalue weighted by Gasteiger charge is -2.29. The number of likely N-dealkylation sites (tertiary alicyclic amines) is 1. The Bertz CT molecular complexity index is 536. The van der Waals surface area contributed by atoms with Crippen molar-refractivity contribution in [2.75, 3.05) is 13.1 Å². The molecule has 0 spiro atoms. The van der Waals surface area contributed by atoms with Crippen LogP contribution in [0.2, 0.25) is 0 Å². The highest BCUT2D eigenvalue weighted by molar-refractivity contribution is 5.95. The highest BCUT2D eigenvalue weighted by atomic mass is 16.2. The van der Waals surface area contributed by atoms with Gasteiger partial charge in [0.15, 0.2) is 0 Å². The number of carbonyl (C=O) groups is 4. The third-order valence-electron chi connectivity index (χ3n) is 4.27. The highest BCUT2D eigenvalue weighted by Crippen LogP contribution is 2.20. The van der Waals surface area contributed by atoms with E-state index in [2.05, 4.69) is 16.0 Å². The Kier molecular flexibility index (Phi) is 5.63. The third kappa shape index (κ3) is 4.15. The fourth-order valence-electron chi connectivity index (χ4n) is 3.10. The van der Waals surface area contributed by atoms with Gasteiger partial charge in [0.25, 0.3) is 0 Å². The molecule has 2 aliphatic rings. The summed E-state index contributed by atoms with van der Waals surface area (Å²) in [5.74, 6) is -1.06. The number of primary amides is 1. The van der Waals surface area contributed by atoms with E-state index in [1.165, 1.54) is 4.90 Å². The van der Waals surface area contributed by atoms with E-state index < -0.39 is 36.0 Å². The quantitative estimate of drug-likeness (QED) is 0.477. The summed E-state index contributed by atoms with van der Waals surface area (Å²) < 4.78 is 0. The molecule has 24 heavy (non-hydrogen) atoms. The lowest BCUT2D eigenvalue weighted by Crippen LogP contribution is -2.56. The van der Waals surface area contributed by atoms with Crippen LogP contribution in [-0.4, -0.2) is 59.9 Å². The second-order valence-electron chi connectivity index (χ2n) is 6.69. The first kappa shape index (κ1) is 18.0. The van der Waals surface area contributed by atoms with Gasteiger partial charge in [0.1, 0.15) is 18.1 Å². The summed E-state index contributed by atoms with van der Waals surface area (Å²) in [4.78, 5) is 49.2. The summed E-state index contributed by atoms with van der Waals surface area (Å²) in [5, 5.41) is 7.70. The number of rotatable bonds is 6. The number of amides is 5. The summed E-state index contributed by atoms with van der Waals surface area (Å²) in [6.45, 7) is 4.53. The minimum atomic E-state index is -0.741. The van der Waals surface area contributed by atoms with Crippen molar-refractivity contribution >= 4 is 23.8 Å². The SMILES string of the molecule is CC(C)C[C@H](NC(=O)C1CNC(=O)N1)C(=O)N1CCC[C@H]1C(N)=O. The van der Waals surface area contributed by atoms with E-state index in [0.717, 1.165) is 0 Å². The van der Waals surface area contributed by atoms with E-state index in [1.807, 2.05) is 13.8 Å². The van der Waals surface area contributed by atoms with Crippen LogP contribution in [0.25, 0.3) is 0 Å². The molecular formula is C15H25N5O4. The molecule has 5 N–H and O–H groups in total. The fraction of sp³-hybridized carbons (Fsp3) is 0.733. The van der Waals surface area contributed by atoms with E-state index in [1.54, 1.807) is 0 Å². The van der Waals surface area contributed by atoms with Crippen LogP contribution in [0.4, 0.5) is 4.79 Å². The van der Waals surface area contributed by atoms with Gasteiger partial charge in [-0.25, -0.2) is 4.79 Å². The van der Waals surface area contributed by atoms with Crippen LogP contribution < -0.4 is 21.7 Å². The molecule has 9 nitrogen and oxygen atoms in total. The topological polar surface area (TPSA) is 134 Å². The zero-order valence-corrected chi connectivity index (χ0v) is 14.0. The number of nitrogens with two attached hydrogens (primary N) is 1. The summed E-state index contributed by atoms with van der Waals surface area (Å²) in [5.41, 5.74) is 5.37. The molecule has 5 amide bonds. The summed E-state index contributed by atoms with van der Waals surface area (Å²) in [6, 6.07) is -2.47. The van der Waals surface area contributed by atoms with Gasteiger partial charge >= 0.3 is 6.03 Å². The minimum absolute atomic E-state index is 0.171. The molecule has 2 aliphatic heterocycles. The Morgan fingerprint density at radius 1 is 1.38 bits per heavy atom. The van der Waals surface area contributed by atoms with Gasteiger partial charge in [0.05, 0.1) is 0 Å². The van der Waals surface area contributed by atoms with Gasteiger partial charge in [-0.15, -0.1) is 0 Å². The predicted octanol–water partition coefficient (Wildman–Crippen LogP) is -1.32. The molecule has 0 aliphatic carbocycles. The largest absolute Gasteiger partial charge is 0.368 e. The maximum atomic E-state index is 12.8. The molecule has 0 bridgehead atoms. The van der Waals surface area contributed by atoms with E-state index in [0.29, 0.717) is 25.8 Å². The van der Waals surface area contributed by atoms with Crippen LogP contribution >= 0.6 is 0 Å². The maximum absolute atomic E-state index is 12.8. The molecule has 0 aromatic heterocycles. The molecule has 2 heterocycles. The van der Waals surface area contributed by atoms with Gasteiger partial charge in [0, 0.05) is 13.1 Å². The number of carbonyl (C=O) groups excluding carboxylic acids is 4. The summed E-state index contributed by atoms with van der Waals surface area (Å²) >= 11 is 0. The Hall–Kier alpha value is -2.32. The van der Waals surface area contributed by atoms with Gasteiger partial charge in [-0.3, -0.25) is 14.4 Å². The smallest absolute Gasteiger partial charge is 0.315 e. The van der Waals surface area contributed by atoms with Crippen LogP contribution in [0.15, 0.2) is 0 Å². The van der Waals surface area contributed by atoms with E-state index in [9.17, 15) is 19.2 Å². The number of urea groups is 1. The van der Waals surface area contributed by atoms with Crippen molar-refractivity contribution in [3.63, 3.8) is 0 Å². The van der Waals surface area contributed by atoms with E-state index in [4.69, 9.17) is 5.73 Å². The minimum Gasteiger partial charge on any atom is -0.368 e. The van der Waals surface area contributed by atoms with Gasteiger partial charge in [-0.2, -0.15) is 0 Å². The molecule has 134 valence electrons.